The summed E-state index contributed by atoms with van der Waals surface area (Å²) in [4.78, 5) is 65.4. The number of ketones is 1. The van der Waals surface area contributed by atoms with Crippen LogP contribution in [-0.2, 0) is 14.3 Å². The van der Waals surface area contributed by atoms with Crippen molar-refractivity contribution in [3.05, 3.63) is 106 Å². The van der Waals surface area contributed by atoms with Crippen molar-refractivity contribution in [1.82, 2.24) is 0 Å². The van der Waals surface area contributed by atoms with Crippen LogP contribution in [0.15, 0.2) is 88.9 Å². The van der Waals surface area contributed by atoms with Gasteiger partial charge in [-0.05, 0) is 68.3 Å². The van der Waals surface area contributed by atoms with E-state index in [1.165, 1.54) is 24.3 Å². The lowest BCUT2D eigenvalue weighted by atomic mass is 9.82. The quantitative estimate of drug-likeness (QED) is 0.164. The van der Waals surface area contributed by atoms with Crippen molar-refractivity contribution in [2.75, 3.05) is 16.8 Å². The molecule has 3 aromatic carbocycles. The standard InChI is InChI=1S/C31H25BrN2O6/c1-18-6-15-23-25(16-18)30(38)34(29(23)37)26-5-3-2-4-24(26)28(36)33-22-13-9-20(10-14-22)31(39)40-17-27(35)19-7-11-21(32)12-8-19/h2-14,23,25H,15-17H2,1H3,(H,33,36)/t23-,25+/m1/s1. The zero-order chi connectivity index (χ0) is 28.4. The Morgan fingerprint density at radius 1 is 0.900 bits per heavy atom. The Balaban J connectivity index is 1.24. The lowest BCUT2D eigenvalue weighted by Crippen LogP contribution is -2.33. The number of carbonyl (C=O) groups excluding carboxylic acids is 5. The predicted octanol–water partition coefficient (Wildman–Crippen LogP) is 5.59. The van der Waals surface area contributed by atoms with Crippen LogP contribution >= 0.6 is 15.9 Å². The first kappa shape index (κ1) is 27.2. The number of esters is 1. The molecular formula is C31H25BrN2O6. The zero-order valence-electron chi connectivity index (χ0n) is 21.6. The van der Waals surface area contributed by atoms with Gasteiger partial charge in [0.25, 0.3) is 5.91 Å². The molecule has 0 unspecified atom stereocenters. The number of allylic oxidation sites excluding steroid dienone is 2. The number of ether oxygens (including phenoxy) is 1. The first-order chi connectivity index (χ1) is 19.2. The number of Topliss-reactive ketones (excluding diaryl/α,β-unsaturated/α-hetero) is 1. The highest BCUT2D eigenvalue weighted by Crippen LogP contribution is 2.40. The molecule has 0 radical (unpaired) electrons. The normalized spacial score (nSPS) is 18.1. The number of nitrogens with zero attached hydrogens (tertiary/aromatic N) is 1. The van der Waals surface area contributed by atoms with Gasteiger partial charge in [-0.25, -0.2) is 9.69 Å². The number of imide groups is 1. The maximum absolute atomic E-state index is 13.2. The summed E-state index contributed by atoms with van der Waals surface area (Å²) in [5.41, 5.74) is 2.55. The van der Waals surface area contributed by atoms with Gasteiger partial charge in [-0.15, -0.1) is 0 Å². The van der Waals surface area contributed by atoms with Gasteiger partial charge in [-0.2, -0.15) is 0 Å². The Kier molecular flexibility index (Phi) is 7.75. The number of benzene rings is 3. The van der Waals surface area contributed by atoms with E-state index in [0.717, 1.165) is 14.9 Å². The van der Waals surface area contributed by atoms with Gasteiger partial charge in [0.2, 0.25) is 11.8 Å². The van der Waals surface area contributed by atoms with Crippen LogP contribution < -0.4 is 10.2 Å². The van der Waals surface area contributed by atoms with E-state index in [9.17, 15) is 24.0 Å². The van der Waals surface area contributed by atoms with Crippen LogP contribution in [0.25, 0.3) is 0 Å². The Bertz CT molecular complexity index is 1540. The lowest BCUT2D eigenvalue weighted by Gasteiger charge is -2.19. The summed E-state index contributed by atoms with van der Waals surface area (Å²) in [6, 6.07) is 19.2. The summed E-state index contributed by atoms with van der Waals surface area (Å²) < 4.78 is 5.98. The van der Waals surface area contributed by atoms with Crippen molar-refractivity contribution in [3.63, 3.8) is 0 Å². The van der Waals surface area contributed by atoms with E-state index in [1.54, 1.807) is 48.5 Å². The summed E-state index contributed by atoms with van der Waals surface area (Å²) in [5, 5.41) is 2.76. The number of nitrogens with one attached hydrogen (secondary N) is 1. The van der Waals surface area contributed by atoms with Crippen molar-refractivity contribution in [2.24, 2.45) is 11.8 Å². The number of anilines is 2. The van der Waals surface area contributed by atoms with E-state index >= 15 is 0 Å². The molecule has 2 aliphatic rings. The zero-order valence-corrected chi connectivity index (χ0v) is 23.1. The SMILES string of the molecule is CC1=CC[C@H]2C(=O)N(c3ccccc3C(=O)Nc3ccc(C(=O)OCC(=O)c4ccc(Br)cc4)cc3)C(=O)[C@H]2C1. The summed E-state index contributed by atoms with van der Waals surface area (Å²) in [5.74, 6) is -2.91. The highest BCUT2D eigenvalue weighted by Gasteiger charge is 2.49. The Labute approximate surface area is 239 Å². The van der Waals surface area contributed by atoms with E-state index in [2.05, 4.69) is 21.2 Å². The van der Waals surface area contributed by atoms with Gasteiger partial charge in [-0.3, -0.25) is 19.2 Å². The number of fused-ring (bicyclic) bond motifs is 1. The minimum absolute atomic E-state index is 0.183. The van der Waals surface area contributed by atoms with Gasteiger partial charge in [0.1, 0.15) is 0 Å². The first-order valence-corrected chi connectivity index (χ1v) is 13.5. The fraction of sp³-hybridized carbons (Fsp3) is 0.194. The number of halogens is 1. The van der Waals surface area contributed by atoms with Gasteiger partial charge < -0.3 is 10.1 Å². The minimum atomic E-state index is -0.675. The fourth-order valence-electron chi connectivity index (χ4n) is 4.96. The van der Waals surface area contributed by atoms with Gasteiger partial charge >= 0.3 is 5.97 Å². The molecule has 9 heteroatoms. The molecule has 8 nitrogen and oxygen atoms in total. The van der Waals surface area contributed by atoms with Crippen molar-refractivity contribution in [3.8, 4) is 0 Å². The average molecular weight is 601 g/mol. The topological polar surface area (TPSA) is 110 Å². The fourth-order valence-corrected chi connectivity index (χ4v) is 5.22. The molecule has 5 rings (SSSR count). The maximum atomic E-state index is 13.2. The molecule has 3 aromatic rings. The number of amides is 3. The molecule has 0 saturated carbocycles. The van der Waals surface area contributed by atoms with Crippen LogP contribution in [0.4, 0.5) is 11.4 Å². The van der Waals surface area contributed by atoms with Gasteiger partial charge in [-0.1, -0.05) is 51.8 Å². The number of carbonyl (C=O) groups is 5. The monoisotopic (exact) mass is 600 g/mol. The number of para-hydroxylation sites is 1. The number of hydrogen-bond acceptors (Lipinski definition) is 6. The highest BCUT2D eigenvalue weighted by atomic mass is 79.9. The predicted molar refractivity (Wildman–Crippen MR) is 152 cm³/mol. The third kappa shape index (κ3) is 5.51. The number of rotatable bonds is 7. The molecule has 1 aliphatic carbocycles. The van der Waals surface area contributed by atoms with Crippen molar-refractivity contribution < 1.29 is 28.7 Å². The second-order valence-corrected chi connectivity index (χ2v) is 10.7. The van der Waals surface area contributed by atoms with Gasteiger partial charge in [0, 0.05) is 15.7 Å². The second kappa shape index (κ2) is 11.4. The molecule has 1 N–H and O–H groups in total. The first-order valence-electron chi connectivity index (χ1n) is 12.7. The Morgan fingerprint density at radius 3 is 2.27 bits per heavy atom. The van der Waals surface area contributed by atoms with Crippen LogP contribution in [0.3, 0.4) is 0 Å². The minimum Gasteiger partial charge on any atom is -0.454 e. The largest absolute Gasteiger partial charge is 0.454 e. The smallest absolute Gasteiger partial charge is 0.338 e. The average Bonchev–Trinajstić information content (AvgIpc) is 3.20. The van der Waals surface area contributed by atoms with Gasteiger partial charge in [0.15, 0.2) is 12.4 Å². The molecule has 0 aromatic heterocycles. The van der Waals surface area contributed by atoms with Crippen LogP contribution in [0.1, 0.15) is 50.8 Å². The van der Waals surface area contributed by atoms with Gasteiger partial charge in [0.05, 0.1) is 28.7 Å². The molecule has 202 valence electrons. The second-order valence-electron chi connectivity index (χ2n) is 9.77. The summed E-state index contributed by atoms with van der Waals surface area (Å²) in [6.45, 7) is 1.55. The molecule has 1 heterocycles. The van der Waals surface area contributed by atoms with Crippen LogP contribution in [0.2, 0.25) is 0 Å². The Hall–Kier alpha value is -4.37. The van der Waals surface area contributed by atoms with Crippen molar-refractivity contribution >= 4 is 56.8 Å². The van der Waals surface area contributed by atoms with E-state index < -0.39 is 30.3 Å². The lowest BCUT2D eigenvalue weighted by molar-refractivity contribution is -0.122. The summed E-state index contributed by atoms with van der Waals surface area (Å²) in [6.07, 6.45) is 3.04. The van der Waals surface area contributed by atoms with E-state index in [4.69, 9.17) is 4.74 Å². The van der Waals surface area contributed by atoms with E-state index in [1.807, 2.05) is 13.0 Å². The van der Waals surface area contributed by atoms with Crippen LogP contribution in [0, 0.1) is 11.8 Å². The molecule has 3 amide bonds. The third-order valence-corrected chi connectivity index (χ3v) is 7.62. The molecule has 1 saturated heterocycles. The molecular weight excluding hydrogens is 576 g/mol. The molecule has 2 atom stereocenters. The highest BCUT2D eigenvalue weighted by molar-refractivity contribution is 9.10. The summed E-state index contributed by atoms with van der Waals surface area (Å²) in [7, 11) is 0. The molecule has 0 bridgehead atoms. The number of hydrogen-bond donors (Lipinski definition) is 1. The van der Waals surface area contributed by atoms with Crippen molar-refractivity contribution in [2.45, 2.75) is 19.8 Å². The summed E-state index contributed by atoms with van der Waals surface area (Å²) >= 11 is 3.30. The van der Waals surface area contributed by atoms with Crippen LogP contribution in [-0.4, -0.2) is 36.1 Å². The molecule has 1 aliphatic heterocycles. The molecule has 0 spiro atoms. The maximum Gasteiger partial charge on any atom is 0.338 e. The molecule has 40 heavy (non-hydrogen) atoms. The van der Waals surface area contributed by atoms with Crippen molar-refractivity contribution in [1.29, 1.82) is 0 Å². The van der Waals surface area contributed by atoms with Crippen LogP contribution in [0.5, 0.6) is 0 Å². The van der Waals surface area contributed by atoms with E-state index in [0.29, 0.717) is 24.1 Å². The molecule has 1 fully saturated rings. The Morgan fingerprint density at radius 2 is 1.55 bits per heavy atom. The third-order valence-electron chi connectivity index (χ3n) is 7.09. The van der Waals surface area contributed by atoms with E-state index in [-0.39, 0.29) is 34.4 Å².